The fourth-order valence-corrected chi connectivity index (χ4v) is 3.26. The topological polar surface area (TPSA) is 58.6 Å². The van der Waals surface area contributed by atoms with Gasteiger partial charge in [-0.05, 0) is 46.5 Å². The van der Waals surface area contributed by atoms with Crippen molar-refractivity contribution in [2.45, 2.75) is 59.1 Å². The smallest absolute Gasteiger partial charge is 0.410 e. The Balaban J connectivity index is 2.41. The number of nitrogens with one attached hydrogen (secondary N) is 1. The summed E-state index contributed by atoms with van der Waals surface area (Å²) in [5.41, 5.74) is -0.446. The molecule has 1 aliphatic rings. The Morgan fingerprint density at radius 3 is 2.73 bits per heavy atom. The molecule has 0 aromatic carbocycles. The minimum Gasteiger partial charge on any atom is -0.444 e. The SMILES string of the molecule is CCS(=O)CCNC(C)C1CCCN(C(=O)OC(C)(C)C)C1. The zero-order chi connectivity index (χ0) is 16.8. The Morgan fingerprint density at radius 1 is 1.45 bits per heavy atom. The summed E-state index contributed by atoms with van der Waals surface area (Å²) in [6, 6.07) is 0.319. The maximum Gasteiger partial charge on any atom is 0.410 e. The van der Waals surface area contributed by atoms with E-state index in [4.69, 9.17) is 4.74 Å². The lowest BCUT2D eigenvalue weighted by molar-refractivity contribution is 0.0149. The maximum absolute atomic E-state index is 12.2. The summed E-state index contributed by atoms with van der Waals surface area (Å²) < 4.78 is 16.9. The van der Waals surface area contributed by atoms with Gasteiger partial charge in [-0.2, -0.15) is 0 Å². The van der Waals surface area contributed by atoms with Crippen LogP contribution in [0.1, 0.15) is 47.5 Å². The van der Waals surface area contributed by atoms with Crippen molar-refractivity contribution in [3.63, 3.8) is 0 Å². The predicted octanol–water partition coefficient (Wildman–Crippen LogP) is 2.38. The van der Waals surface area contributed by atoms with Crippen molar-refractivity contribution in [1.82, 2.24) is 10.2 Å². The lowest BCUT2D eigenvalue weighted by Gasteiger charge is -2.36. The first kappa shape index (κ1) is 19.4. The van der Waals surface area contributed by atoms with Gasteiger partial charge in [0.1, 0.15) is 5.60 Å². The quantitative estimate of drug-likeness (QED) is 0.811. The van der Waals surface area contributed by atoms with E-state index in [1.54, 1.807) is 0 Å². The molecule has 1 aliphatic heterocycles. The third-order valence-electron chi connectivity index (χ3n) is 3.93. The molecule has 0 spiro atoms. The van der Waals surface area contributed by atoms with E-state index in [9.17, 15) is 9.00 Å². The Kier molecular flexibility index (Phi) is 7.83. The summed E-state index contributed by atoms with van der Waals surface area (Å²) >= 11 is 0. The molecule has 3 unspecified atom stereocenters. The van der Waals surface area contributed by atoms with Gasteiger partial charge < -0.3 is 15.0 Å². The van der Waals surface area contributed by atoms with Crippen molar-refractivity contribution in [1.29, 1.82) is 0 Å². The van der Waals surface area contributed by atoms with Gasteiger partial charge in [0, 0.05) is 48.0 Å². The summed E-state index contributed by atoms with van der Waals surface area (Å²) in [5.74, 6) is 1.84. The molecule has 0 aromatic heterocycles. The standard InChI is InChI=1S/C16H32N2O3S/c1-6-22(20)11-9-17-13(2)14-8-7-10-18(12-14)15(19)21-16(3,4)5/h13-14,17H,6-12H2,1-5H3. The molecular formula is C16H32N2O3S. The molecule has 0 bridgehead atoms. The van der Waals surface area contributed by atoms with E-state index >= 15 is 0 Å². The zero-order valence-corrected chi connectivity index (χ0v) is 15.5. The van der Waals surface area contributed by atoms with Crippen molar-refractivity contribution >= 4 is 16.9 Å². The highest BCUT2D eigenvalue weighted by Gasteiger charge is 2.29. The summed E-state index contributed by atoms with van der Waals surface area (Å²) in [6.45, 7) is 12.1. The number of rotatable bonds is 6. The van der Waals surface area contributed by atoms with Crippen LogP contribution < -0.4 is 5.32 Å². The van der Waals surface area contributed by atoms with Crippen LogP contribution in [0.2, 0.25) is 0 Å². The van der Waals surface area contributed by atoms with Gasteiger partial charge in [0.05, 0.1) is 0 Å². The van der Waals surface area contributed by atoms with E-state index in [1.807, 2.05) is 32.6 Å². The number of hydrogen-bond acceptors (Lipinski definition) is 4. The molecule has 1 N–H and O–H groups in total. The Hall–Kier alpha value is -0.620. The van der Waals surface area contributed by atoms with E-state index in [1.165, 1.54) is 0 Å². The summed E-state index contributed by atoms with van der Waals surface area (Å²) in [6.07, 6.45) is 1.91. The second-order valence-electron chi connectivity index (χ2n) is 7.00. The lowest BCUT2D eigenvalue weighted by atomic mass is 9.92. The van der Waals surface area contributed by atoms with Crippen LogP contribution in [0, 0.1) is 5.92 Å². The van der Waals surface area contributed by atoms with Crippen LogP contribution in [0.4, 0.5) is 4.79 Å². The average Bonchev–Trinajstić information content (AvgIpc) is 2.45. The first-order valence-corrected chi connectivity index (χ1v) is 9.78. The van der Waals surface area contributed by atoms with E-state index < -0.39 is 16.4 Å². The lowest BCUT2D eigenvalue weighted by Crippen LogP contribution is -2.48. The molecule has 1 amide bonds. The second kappa shape index (κ2) is 8.87. The number of amides is 1. The third-order valence-corrected chi connectivity index (χ3v) is 5.24. The molecule has 0 aliphatic carbocycles. The van der Waals surface area contributed by atoms with Crippen LogP contribution in [0.25, 0.3) is 0 Å². The number of carbonyl (C=O) groups is 1. The average molecular weight is 333 g/mol. The number of carbonyl (C=O) groups excluding carboxylic acids is 1. The Labute approximate surface area is 137 Å². The molecule has 130 valence electrons. The molecule has 1 heterocycles. The van der Waals surface area contributed by atoms with E-state index in [2.05, 4.69) is 12.2 Å². The second-order valence-corrected chi connectivity index (χ2v) is 8.87. The number of likely N-dealkylation sites (tertiary alicyclic amines) is 1. The van der Waals surface area contributed by atoms with Gasteiger partial charge in [-0.25, -0.2) is 4.79 Å². The monoisotopic (exact) mass is 332 g/mol. The van der Waals surface area contributed by atoms with Gasteiger partial charge in [0.25, 0.3) is 0 Å². The van der Waals surface area contributed by atoms with Crippen molar-refractivity contribution in [3.05, 3.63) is 0 Å². The molecule has 0 saturated carbocycles. The Bertz CT molecular complexity index is 382. The summed E-state index contributed by atoms with van der Waals surface area (Å²) in [5, 5.41) is 3.45. The van der Waals surface area contributed by atoms with Gasteiger partial charge in [-0.3, -0.25) is 4.21 Å². The fraction of sp³-hybridized carbons (Fsp3) is 0.938. The van der Waals surface area contributed by atoms with Crippen molar-refractivity contribution in [3.8, 4) is 0 Å². The molecule has 1 fully saturated rings. The molecule has 22 heavy (non-hydrogen) atoms. The predicted molar refractivity (Wildman–Crippen MR) is 91.5 cm³/mol. The first-order chi connectivity index (χ1) is 10.2. The van der Waals surface area contributed by atoms with Crippen LogP contribution in [0.15, 0.2) is 0 Å². The normalized spacial score (nSPS) is 22.2. The Morgan fingerprint density at radius 2 is 2.14 bits per heavy atom. The largest absolute Gasteiger partial charge is 0.444 e. The molecule has 5 nitrogen and oxygen atoms in total. The molecule has 1 rings (SSSR count). The number of ether oxygens (including phenoxy) is 1. The number of nitrogens with zero attached hydrogens (tertiary/aromatic N) is 1. The molecule has 6 heteroatoms. The van der Waals surface area contributed by atoms with Gasteiger partial charge in [-0.1, -0.05) is 6.92 Å². The van der Waals surface area contributed by atoms with Gasteiger partial charge in [-0.15, -0.1) is 0 Å². The van der Waals surface area contributed by atoms with Gasteiger partial charge in [0.15, 0.2) is 0 Å². The minimum atomic E-state index is -0.721. The minimum absolute atomic E-state index is 0.212. The van der Waals surface area contributed by atoms with Crippen LogP contribution >= 0.6 is 0 Å². The molecular weight excluding hydrogens is 300 g/mol. The van der Waals surface area contributed by atoms with Gasteiger partial charge in [0.2, 0.25) is 0 Å². The van der Waals surface area contributed by atoms with Crippen LogP contribution in [0.5, 0.6) is 0 Å². The van der Waals surface area contributed by atoms with Crippen molar-refractivity contribution in [2.75, 3.05) is 31.1 Å². The number of piperidine rings is 1. The van der Waals surface area contributed by atoms with Crippen molar-refractivity contribution in [2.24, 2.45) is 5.92 Å². The first-order valence-electron chi connectivity index (χ1n) is 8.29. The van der Waals surface area contributed by atoms with Crippen LogP contribution in [-0.2, 0) is 15.5 Å². The molecule has 0 radical (unpaired) electrons. The molecule has 3 atom stereocenters. The zero-order valence-electron chi connectivity index (χ0n) is 14.7. The summed E-state index contributed by atoms with van der Waals surface area (Å²) in [4.78, 5) is 14.0. The fourth-order valence-electron chi connectivity index (χ4n) is 2.62. The third kappa shape index (κ3) is 7.09. The highest BCUT2D eigenvalue weighted by atomic mass is 32.2. The molecule has 0 aromatic rings. The van der Waals surface area contributed by atoms with E-state index in [-0.39, 0.29) is 6.09 Å². The molecule has 1 saturated heterocycles. The van der Waals surface area contributed by atoms with Gasteiger partial charge >= 0.3 is 6.09 Å². The summed E-state index contributed by atoms with van der Waals surface area (Å²) in [7, 11) is -0.721. The van der Waals surface area contributed by atoms with Crippen LogP contribution in [-0.4, -0.2) is 58.0 Å². The van der Waals surface area contributed by atoms with E-state index in [0.717, 1.165) is 32.5 Å². The highest BCUT2D eigenvalue weighted by molar-refractivity contribution is 7.84. The number of hydrogen-bond donors (Lipinski definition) is 1. The van der Waals surface area contributed by atoms with Crippen molar-refractivity contribution < 1.29 is 13.7 Å². The van der Waals surface area contributed by atoms with E-state index in [0.29, 0.717) is 23.5 Å². The van der Waals surface area contributed by atoms with Crippen LogP contribution in [0.3, 0.4) is 0 Å². The maximum atomic E-state index is 12.2. The highest BCUT2D eigenvalue weighted by Crippen LogP contribution is 2.21.